The van der Waals surface area contributed by atoms with Crippen LogP contribution in [0.15, 0.2) is 18.2 Å². The smallest absolute Gasteiger partial charge is 0.116 e. The van der Waals surface area contributed by atoms with Gasteiger partial charge >= 0.3 is 0 Å². The molecule has 1 aromatic heterocycles. The maximum absolute atomic E-state index is 9.60. The summed E-state index contributed by atoms with van der Waals surface area (Å²) in [7, 11) is 4.28. The van der Waals surface area contributed by atoms with Crippen molar-refractivity contribution in [3.05, 3.63) is 29.5 Å². The van der Waals surface area contributed by atoms with Crippen molar-refractivity contribution < 1.29 is 5.11 Å². The molecule has 0 saturated heterocycles. The number of phenolic OH excluding ortho intramolecular Hbond substituents is 1. The maximum atomic E-state index is 9.60. The Morgan fingerprint density at radius 3 is 2.94 bits per heavy atom. The summed E-state index contributed by atoms with van der Waals surface area (Å²) in [5.74, 6) is 0.353. The van der Waals surface area contributed by atoms with Crippen LogP contribution in [0.3, 0.4) is 0 Å². The van der Waals surface area contributed by atoms with E-state index in [0.717, 1.165) is 18.4 Å². The molecule has 1 heterocycles. The molecule has 1 aliphatic rings. The Labute approximate surface area is 101 Å². The lowest BCUT2D eigenvalue weighted by molar-refractivity contribution is 0.268. The second-order valence-electron chi connectivity index (χ2n) is 5.17. The predicted octanol–water partition coefficient (Wildman–Crippen LogP) is 2.29. The summed E-state index contributed by atoms with van der Waals surface area (Å²) in [5, 5.41) is 10.8. The van der Waals surface area contributed by atoms with E-state index in [9.17, 15) is 5.11 Å². The van der Waals surface area contributed by atoms with Gasteiger partial charge in [0.15, 0.2) is 0 Å². The minimum Gasteiger partial charge on any atom is -0.508 e. The molecule has 0 fully saturated rings. The molecule has 0 amide bonds. The Hall–Kier alpha value is -1.48. The Morgan fingerprint density at radius 2 is 2.18 bits per heavy atom. The summed E-state index contributed by atoms with van der Waals surface area (Å²) in [6.45, 7) is 0. The van der Waals surface area contributed by atoms with Crippen LogP contribution >= 0.6 is 0 Å². The van der Waals surface area contributed by atoms with Crippen molar-refractivity contribution in [3.63, 3.8) is 0 Å². The van der Waals surface area contributed by atoms with Gasteiger partial charge in [0.25, 0.3) is 0 Å². The van der Waals surface area contributed by atoms with Gasteiger partial charge in [-0.05, 0) is 57.1 Å². The molecule has 1 aromatic carbocycles. The molecule has 17 heavy (non-hydrogen) atoms. The monoisotopic (exact) mass is 230 g/mol. The number of nitrogens with zero attached hydrogens (tertiary/aromatic N) is 1. The van der Waals surface area contributed by atoms with E-state index in [0.29, 0.717) is 11.8 Å². The number of hydrogen-bond donors (Lipinski definition) is 2. The van der Waals surface area contributed by atoms with Gasteiger partial charge in [0, 0.05) is 22.6 Å². The van der Waals surface area contributed by atoms with Gasteiger partial charge in [0.2, 0.25) is 0 Å². The van der Waals surface area contributed by atoms with Crippen LogP contribution in [0.1, 0.15) is 17.7 Å². The van der Waals surface area contributed by atoms with Crippen molar-refractivity contribution in [2.45, 2.75) is 25.3 Å². The van der Waals surface area contributed by atoms with Crippen molar-refractivity contribution in [1.82, 2.24) is 9.88 Å². The number of phenols is 1. The highest BCUT2D eigenvalue weighted by molar-refractivity contribution is 5.86. The van der Waals surface area contributed by atoms with Crippen molar-refractivity contribution in [1.29, 1.82) is 0 Å². The topological polar surface area (TPSA) is 39.3 Å². The molecule has 90 valence electrons. The number of benzene rings is 1. The Balaban J connectivity index is 2.10. The number of aromatic nitrogens is 1. The summed E-state index contributed by atoms with van der Waals surface area (Å²) in [5.41, 5.74) is 3.89. The normalized spacial score (nSPS) is 19.8. The van der Waals surface area contributed by atoms with Gasteiger partial charge < -0.3 is 15.0 Å². The first-order valence-electron chi connectivity index (χ1n) is 6.14. The summed E-state index contributed by atoms with van der Waals surface area (Å²) < 4.78 is 0. The lowest BCUT2D eigenvalue weighted by Gasteiger charge is -2.28. The lowest BCUT2D eigenvalue weighted by Crippen LogP contribution is -2.33. The highest BCUT2D eigenvalue weighted by atomic mass is 16.3. The Morgan fingerprint density at radius 1 is 1.35 bits per heavy atom. The Bertz CT molecular complexity index is 557. The number of fused-ring (bicyclic) bond motifs is 3. The van der Waals surface area contributed by atoms with E-state index in [1.54, 1.807) is 6.07 Å². The van der Waals surface area contributed by atoms with E-state index in [1.165, 1.54) is 23.1 Å². The fraction of sp³-hybridized carbons (Fsp3) is 0.429. The molecule has 2 aromatic rings. The second-order valence-corrected chi connectivity index (χ2v) is 5.17. The molecule has 3 rings (SSSR count). The molecule has 0 radical (unpaired) electrons. The average molecular weight is 230 g/mol. The maximum Gasteiger partial charge on any atom is 0.116 e. The number of aromatic hydroxyl groups is 1. The fourth-order valence-electron chi connectivity index (χ4n) is 2.83. The first-order chi connectivity index (χ1) is 8.15. The van der Waals surface area contributed by atoms with Crippen LogP contribution in [-0.4, -0.2) is 35.1 Å². The third-order valence-corrected chi connectivity index (χ3v) is 3.88. The van der Waals surface area contributed by atoms with E-state index in [2.05, 4.69) is 24.0 Å². The van der Waals surface area contributed by atoms with Crippen molar-refractivity contribution in [2.75, 3.05) is 14.1 Å². The van der Waals surface area contributed by atoms with Gasteiger partial charge in [0.05, 0.1) is 0 Å². The first-order valence-corrected chi connectivity index (χ1v) is 6.14. The average Bonchev–Trinajstić information content (AvgIpc) is 2.66. The minimum absolute atomic E-state index is 0.353. The van der Waals surface area contributed by atoms with E-state index < -0.39 is 0 Å². The zero-order chi connectivity index (χ0) is 12.0. The first kappa shape index (κ1) is 10.7. The van der Waals surface area contributed by atoms with Crippen LogP contribution in [0.5, 0.6) is 5.75 Å². The van der Waals surface area contributed by atoms with Crippen LogP contribution in [0.2, 0.25) is 0 Å². The number of nitrogens with one attached hydrogen (secondary N) is 1. The van der Waals surface area contributed by atoms with Crippen molar-refractivity contribution >= 4 is 10.9 Å². The molecule has 3 heteroatoms. The molecular formula is C14H18N2O. The van der Waals surface area contributed by atoms with Crippen LogP contribution in [0.4, 0.5) is 0 Å². The highest BCUT2D eigenvalue weighted by Crippen LogP contribution is 2.32. The molecule has 1 aliphatic carbocycles. The molecule has 0 unspecified atom stereocenters. The van der Waals surface area contributed by atoms with Gasteiger partial charge in [-0.15, -0.1) is 0 Å². The largest absolute Gasteiger partial charge is 0.508 e. The van der Waals surface area contributed by atoms with Crippen LogP contribution in [0.25, 0.3) is 10.9 Å². The summed E-state index contributed by atoms with van der Waals surface area (Å²) >= 11 is 0. The fourth-order valence-corrected chi connectivity index (χ4v) is 2.83. The molecule has 0 aliphatic heterocycles. The van der Waals surface area contributed by atoms with Crippen LogP contribution in [0, 0.1) is 0 Å². The minimum atomic E-state index is 0.353. The predicted molar refractivity (Wildman–Crippen MR) is 69.5 cm³/mol. The summed E-state index contributed by atoms with van der Waals surface area (Å²) in [6.07, 6.45) is 3.39. The quantitative estimate of drug-likeness (QED) is 0.789. The van der Waals surface area contributed by atoms with E-state index >= 15 is 0 Å². The highest BCUT2D eigenvalue weighted by Gasteiger charge is 2.23. The number of rotatable bonds is 1. The number of aromatic amines is 1. The van der Waals surface area contributed by atoms with Crippen LogP contribution < -0.4 is 0 Å². The Kier molecular flexibility index (Phi) is 2.37. The third kappa shape index (κ3) is 1.71. The number of aryl methyl sites for hydroxylation is 1. The van der Waals surface area contributed by atoms with E-state index in [1.807, 2.05) is 12.1 Å². The van der Waals surface area contributed by atoms with Gasteiger partial charge in [-0.2, -0.15) is 0 Å². The number of hydrogen-bond acceptors (Lipinski definition) is 2. The van der Waals surface area contributed by atoms with Gasteiger partial charge in [-0.1, -0.05) is 0 Å². The van der Waals surface area contributed by atoms with Gasteiger partial charge in [-0.3, -0.25) is 0 Å². The van der Waals surface area contributed by atoms with Crippen molar-refractivity contribution in [3.8, 4) is 5.75 Å². The molecule has 2 N–H and O–H groups in total. The third-order valence-electron chi connectivity index (χ3n) is 3.88. The number of likely N-dealkylation sites (N-methyl/N-ethyl adjacent to an activating group) is 1. The van der Waals surface area contributed by atoms with Crippen molar-refractivity contribution in [2.24, 2.45) is 0 Å². The molecular weight excluding hydrogens is 212 g/mol. The van der Waals surface area contributed by atoms with E-state index in [-0.39, 0.29) is 0 Å². The lowest BCUT2D eigenvalue weighted by atomic mass is 9.91. The number of H-pyrrole nitrogens is 1. The van der Waals surface area contributed by atoms with Crippen LogP contribution in [-0.2, 0) is 12.8 Å². The molecule has 0 bridgehead atoms. The SMILES string of the molecule is CN(C)[C@@H]1CCc2[nH]c3ccc(O)cc3c2C1. The van der Waals surface area contributed by atoms with Gasteiger partial charge in [-0.25, -0.2) is 0 Å². The van der Waals surface area contributed by atoms with E-state index in [4.69, 9.17) is 0 Å². The molecule has 1 atom stereocenters. The zero-order valence-electron chi connectivity index (χ0n) is 10.3. The molecule has 3 nitrogen and oxygen atoms in total. The standard InChI is InChI=1S/C14H18N2O/c1-16(2)9-3-5-13-11(7-9)12-8-10(17)4-6-14(12)15-13/h4,6,8-9,15,17H,3,5,7H2,1-2H3/t9-/m1/s1. The summed E-state index contributed by atoms with van der Waals surface area (Å²) in [6, 6.07) is 6.20. The zero-order valence-corrected chi connectivity index (χ0v) is 10.3. The second kappa shape index (κ2) is 3.77. The molecule has 0 spiro atoms. The summed E-state index contributed by atoms with van der Waals surface area (Å²) in [4.78, 5) is 5.77. The molecule has 0 saturated carbocycles. The van der Waals surface area contributed by atoms with Gasteiger partial charge in [0.1, 0.15) is 5.75 Å².